The van der Waals surface area contributed by atoms with Crippen LogP contribution in [0.2, 0.25) is 0 Å². The highest BCUT2D eigenvalue weighted by Gasteiger charge is 2.17. The van der Waals surface area contributed by atoms with E-state index < -0.39 is 0 Å². The van der Waals surface area contributed by atoms with Gasteiger partial charge in [-0.3, -0.25) is 9.20 Å². The number of nitrogens with one attached hydrogen (secondary N) is 1. The van der Waals surface area contributed by atoms with E-state index in [1.54, 1.807) is 0 Å². The first-order valence-corrected chi connectivity index (χ1v) is 7.06. The molecule has 0 aliphatic rings. The lowest BCUT2D eigenvalue weighted by Crippen LogP contribution is -2.24. The molecule has 2 aromatic heterocycles. The van der Waals surface area contributed by atoms with Crippen molar-refractivity contribution in [2.75, 3.05) is 6.54 Å². The molecule has 0 unspecified atom stereocenters. The number of aromatic nitrogens is 3. The highest BCUT2D eigenvalue weighted by Crippen LogP contribution is 2.22. The fraction of sp³-hybridized carbons (Fsp3) is 0.583. The monoisotopic (exact) mass is 266 g/mol. The first kappa shape index (κ1) is 13.0. The molecule has 98 valence electrons. The predicted molar refractivity (Wildman–Crippen MR) is 72.2 cm³/mol. The van der Waals surface area contributed by atoms with E-state index in [0.717, 1.165) is 47.2 Å². The third-order valence-electron chi connectivity index (χ3n) is 2.92. The van der Waals surface area contributed by atoms with Gasteiger partial charge in [-0.05, 0) is 20.3 Å². The smallest absolute Gasteiger partial charge is 0.263 e. The SMILES string of the molecule is CCCCCNC(=O)c1sc2nnc(C)n2c1C. The van der Waals surface area contributed by atoms with Gasteiger partial charge in [0.05, 0.1) is 0 Å². The lowest BCUT2D eigenvalue weighted by molar-refractivity contribution is 0.0956. The van der Waals surface area contributed by atoms with Crippen LogP contribution in [0.1, 0.15) is 47.4 Å². The fourth-order valence-corrected chi connectivity index (χ4v) is 2.96. The maximum atomic E-state index is 12.0. The zero-order chi connectivity index (χ0) is 13.1. The van der Waals surface area contributed by atoms with Crippen molar-refractivity contribution in [3.05, 3.63) is 16.4 Å². The van der Waals surface area contributed by atoms with E-state index in [2.05, 4.69) is 22.4 Å². The molecule has 6 heteroatoms. The minimum atomic E-state index is -0.00139. The third-order valence-corrected chi connectivity index (χ3v) is 4.06. The number of rotatable bonds is 5. The molecule has 2 heterocycles. The molecule has 1 amide bonds. The number of thiazole rings is 1. The summed E-state index contributed by atoms with van der Waals surface area (Å²) < 4.78 is 1.92. The van der Waals surface area contributed by atoms with Gasteiger partial charge in [0.15, 0.2) is 0 Å². The average molecular weight is 266 g/mol. The Labute approximate surface area is 110 Å². The van der Waals surface area contributed by atoms with Gasteiger partial charge in [-0.2, -0.15) is 0 Å². The Morgan fingerprint density at radius 1 is 1.33 bits per heavy atom. The second kappa shape index (κ2) is 5.48. The van der Waals surface area contributed by atoms with E-state index in [1.807, 2.05) is 18.2 Å². The molecule has 0 aliphatic heterocycles. The maximum absolute atomic E-state index is 12.0. The van der Waals surface area contributed by atoms with E-state index in [-0.39, 0.29) is 5.91 Å². The standard InChI is InChI=1S/C12H18N4OS/c1-4-5-6-7-13-11(17)10-8(2)16-9(3)14-15-12(16)18-10/h4-7H2,1-3H3,(H,13,17). The minimum Gasteiger partial charge on any atom is -0.351 e. The van der Waals surface area contributed by atoms with Gasteiger partial charge < -0.3 is 5.32 Å². The van der Waals surface area contributed by atoms with E-state index in [0.29, 0.717) is 0 Å². The summed E-state index contributed by atoms with van der Waals surface area (Å²) in [6.07, 6.45) is 3.34. The van der Waals surface area contributed by atoms with Crippen molar-refractivity contribution < 1.29 is 4.79 Å². The molecule has 0 atom stereocenters. The molecule has 0 aliphatic carbocycles. The number of hydrogen-bond acceptors (Lipinski definition) is 4. The second-order valence-corrected chi connectivity index (χ2v) is 5.32. The molecule has 1 N–H and O–H groups in total. The van der Waals surface area contributed by atoms with E-state index in [1.165, 1.54) is 11.3 Å². The lowest BCUT2D eigenvalue weighted by atomic mass is 10.2. The Morgan fingerprint density at radius 2 is 2.11 bits per heavy atom. The molecule has 0 saturated carbocycles. The summed E-state index contributed by atoms with van der Waals surface area (Å²) >= 11 is 1.39. The Hall–Kier alpha value is -1.43. The third kappa shape index (κ3) is 2.38. The first-order chi connectivity index (χ1) is 8.65. The van der Waals surface area contributed by atoms with Crippen molar-refractivity contribution in [1.82, 2.24) is 19.9 Å². The summed E-state index contributed by atoms with van der Waals surface area (Å²) in [5.41, 5.74) is 0.922. The number of carbonyl (C=O) groups is 1. The molecule has 18 heavy (non-hydrogen) atoms. The average Bonchev–Trinajstić information content (AvgIpc) is 2.87. The van der Waals surface area contributed by atoms with Crippen LogP contribution in [0.5, 0.6) is 0 Å². The zero-order valence-electron chi connectivity index (χ0n) is 11.0. The molecule has 0 aromatic carbocycles. The number of hydrogen-bond donors (Lipinski definition) is 1. The van der Waals surface area contributed by atoms with Gasteiger partial charge in [-0.25, -0.2) is 0 Å². The summed E-state index contributed by atoms with van der Waals surface area (Å²) in [5, 5.41) is 11.0. The van der Waals surface area contributed by atoms with Crippen LogP contribution in [0.4, 0.5) is 0 Å². The summed E-state index contributed by atoms with van der Waals surface area (Å²) in [4.78, 5) is 13.6. The van der Waals surface area contributed by atoms with Crippen molar-refractivity contribution in [2.45, 2.75) is 40.0 Å². The molecular formula is C12H18N4OS. The van der Waals surface area contributed by atoms with Gasteiger partial charge in [0.1, 0.15) is 10.7 Å². The van der Waals surface area contributed by atoms with Gasteiger partial charge in [0.2, 0.25) is 4.96 Å². The van der Waals surface area contributed by atoms with Gasteiger partial charge in [-0.15, -0.1) is 10.2 Å². The topological polar surface area (TPSA) is 59.3 Å². The highest BCUT2D eigenvalue weighted by atomic mass is 32.1. The van der Waals surface area contributed by atoms with E-state index >= 15 is 0 Å². The van der Waals surface area contributed by atoms with E-state index in [4.69, 9.17) is 0 Å². The Morgan fingerprint density at radius 3 is 2.78 bits per heavy atom. The number of aryl methyl sites for hydroxylation is 2. The van der Waals surface area contributed by atoms with Crippen molar-refractivity contribution >= 4 is 22.2 Å². The summed E-state index contributed by atoms with van der Waals surface area (Å²) in [5.74, 6) is 0.822. The molecule has 0 radical (unpaired) electrons. The van der Waals surface area contributed by atoms with Gasteiger partial charge >= 0.3 is 0 Å². The quantitative estimate of drug-likeness (QED) is 0.845. The molecule has 2 rings (SSSR count). The van der Waals surface area contributed by atoms with Crippen LogP contribution in [0.3, 0.4) is 0 Å². The fourth-order valence-electron chi connectivity index (χ4n) is 1.93. The summed E-state index contributed by atoms with van der Waals surface area (Å²) in [6, 6.07) is 0. The minimum absolute atomic E-state index is 0.00139. The predicted octanol–water partition coefficient (Wildman–Crippen LogP) is 2.33. The van der Waals surface area contributed by atoms with Crippen LogP contribution in [0.15, 0.2) is 0 Å². The van der Waals surface area contributed by atoms with Crippen LogP contribution in [0.25, 0.3) is 4.96 Å². The number of carbonyl (C=O) groups excluding carboxylic acids is 1. The first-order valence-electron chi connectivity index (χ1n) is 6.24. The molecule has 0 saturated heterocycles. The van der Waals surface area contributed by atoms with Crippen molar-refractivity contribution in [3.8, 4) is 0 Å². The second-order valence-electron chi connectivity index (χ2n) is 4.34. The number of amides is 1. The van der Waals surface area contributed by atoms with Crippen LogP contribution >= 0.6 is 11.3 Å². The Kier molecular flexibility index (Phi) is 3.96. The van der Waals surface area contributed by atoms with Gasteiger partial charge in [-0.1, -0.05) is 31.1 Å². The lowest BCUT2D eigenvalue weighted by Gasteiger charge is -2.03. The molecular weight excluding hydrogens is 248 g/mol. The molecule has 0 bridgehead atoms. The van der Waals surface area contributed by atoms with Crippen LogP contribution in [-0.2, 0) is 0 Å². The Bertz CT molecular complexity index is 558. The number of unbranched alkanes of at least 4 members (excludes halogenated alkanes) is 2. The summed E-state index contributed by atoms with van der Waals surface area (Å²) in [7, 11) is 0. The molecule has 2 aromatic rings. The largest absolute Gasteiger partial charge is 0.351 e. The van der Waals surface area contributed by atoms with Crippen molar-refractivity contribution in [3.63, 3.8) is 0 Å². The van der Waals surface area contributed by atoms with Crippen LogP contribution in [-0.4, -0.2) is 27.0 Å². The Balaban J connectivity index is 2.10. The molecule has 0 spiro atoms. The molecule has 5 nitrogen and oxygen atoms in total. The molecule has 0 fully saturated rings. The van der Waals surface area contributed by atoms with Crippen molar-refractivity contribution in [2.24, 2.45) is 0 Å². The van der Waals surface area contributed by atoms with Crippen LogP contribution in [0, 0.1) is 13.8 Å². The maximum Gasteiger partial charge on any atom is 0.263 e. The number of nitrogens with zero attached hydrogens (tertiary/aromatic N) is 3. The zero-order valence-corrected chi connectivity index (χ0v) is 11.8. The normalized spacial score (nSPS) is 11.1. The number of fused-ring (bicyclic) bond motifs is 1. The van der Waals surface area contributed by atoms with Gasteiger partial charge in [0, 0.05) is 12.2 Å². The highest BCUT2D eigenvalue weighted by molar-refractivity contribution is 7.19. The van der Waals surface area contributed by atoms with Gasteiger partial charge in [0.25, 0.3) is 5.91 Å². The van der Waals surface area contributed by atoms with E-state index in [9.17, 15) is 4.79 Å². The van der Waals surface area contributed by atoms with Crippen molar-refractivity contribution in [1.29, 1.82) is 0 Å². The van der Waals surface area contributed by atoms with Crippen LogP contribution < -0.4 is 5.32 Å². The summed E-state index contributed by atoms with van der Waals surface area (Å²) in [6.45, 7) is 6.71.